The van der Waals surface area contributed by atoms with E-state index in [-0.39, 0.29) is 24.8 Å². The van der Waals surface area contributed by atoms with Crippen LogP contribution in [0.25, 0.3) is 0 Å². The highest BCUT2D eigenvalue weighted by Crippen LogP contribution is 2.31. The second kappa shape index (κ2) is 7.60. The molecule has 1 aliphatic heterocycles. The minimum Gasteiger partial charge on any atom is -0.482 e. The highest BCUT2D eigenvalue weighted by atomic mass is 16.5. The van der Waals surface area contributed by atoms with Crippen LogP contribution in [-0.4, -0.2) is 32.0 Å². The monoisotopic (exact) mass is 352 g/mol. The van der Waals surface area contributed by atoms with Gasteiger partial charge < -0.3 is 14.5 Å². The van der Waals surface area contributed by atoms with Crippen LogP contribution in [0.2, 0.25) is 0 Å². The highest BCUT2D eigenvalue weighted by molar-refractivity contribution is 5.99. The number of fused-ring (bicyclic) bond motifs is 1. The molecule has 5 heteroatoms. The van der Waals surface area contributed by atoms with E-state index in [4.69, 9.17) is 4.74 Å². The average molecular weight is 352 g/mol. The van der Waals surface area contributed by atoms with Crippen LogP contribution in [-0.2, 0) is 9.59 Å². The van der Waals surface area contributed by atoms with E-state index in [1.807, 2.05) is 48.5 Å². The summed E-state index contributed by atoms with van der Waals surface area (Å²) >= 11 is 0. The Balaban J connectivity index is 1.66. The van der Waals surface area contributed by atoms with Gasteiger partial charge in [-0.25, -0.2) is 0 Å². The van der Waals surface area contributed by atoms with Gasteiger partial charge in [-0.15, -0.1) is 0 Å². The summed E-state index contributed by atoms with van der Waals surface area (Å²) in [6.07, 6.45) is 0.252. The minimum absolute atomic E-state index is 0.0116. The van der Waals surface area contributed by atoms with Gasteiger partial charge in [-0.2, -0.15) is 0 Å². The molecular formula is C21H24N2O3. The Morgan fingerprint density at radius 1 is 1.15 bits per heavy atom. The Bertz CT molecular complexity index is 799. The Morgan fingerprint density at radius 2 is 1.85 bits per heavy atom. The third kappa shape index (κ3) is 3.72. The molecule has 0 N–H and O–H groups in total. The summed E-state index contributed by atoms with van der Waals surface area (Å²) in [6, 6.07) is 15.4. The third-order valence-corrected chi connectivity index (χ3v) is 4.68. The van der Waals surface area contributed by atoms with Crippen molar-refractivity contribution < 1.29 is 14.3 Å². The number of amides is 2. The van der Waals surface area contributed by atoms with Crippen LogP contribution in [0.4, 0.5) is 11.4 Å². The molecule has 0 spiro atoms. The van der Waals surface area contributed by atoms with Gasteiger partial charge in [-0.3, -0.25) is 9.59 Å². The fraction of sp³-hybridized carbons (Fsp3) is 0.333. The Morgan fingerprint density at radius 3 is 2.54 bits per heavy atom. The molecule has 0 saturated carbocycles. The SMILES string of the molecule is CC(C)c1ccc(N(C)C(=O)CCN2C(=O)COc3ccccc32)cc1. The first kappa shape index (κ1) is 18.0. The molecule has 0 atom stereocenters. The summed E-state index contributed by atoms with van der Waals surface area (Å²) in [4.78, 5) is 28.0. The van der Waals surface area contributed by atoms with Crippen LogP contribution in [0.5, 0.6) is 5.75 Å². The lowest BCUT2D eigenvalue weighted by molar-refractivity contribution is -0.121. The van der Waals surface area contributed by atoms with Gasteiger partial charge in [0.05, 0.1) is 5.69 Å². The molecule has 1 heterocycles. The highest BCUT2D eigenvalue weighted by Gasteiger charge is 2.26. The first-order chi connectivity index (χ1) is 12.5. The minimum atomic E-state index is -0.125. The fourth-order valence-corrected chi connectivity index (χ4v) is 3.00. The average Bonchev–Trinajstić information content (AvgIpc) is 2.66. The number of para-hydroxylation sites is 2. The smallest absolute Gasteiger partial charge is 0.265 e. The van der Waals surface area contributed by atoms with Crippen molar-refractivity contribution in [2.45, 2.75) is 26.2 Å². The summed E-state index contributed by atoms with van der Waals surface area (Å²) in [5.74, 6) is 0.981. The maximum Gasteiger partial charge on any atom is 0.265 e. The summed E-state index contributed by atoms with van der Waals surface area (Å²) in [5, 5.41) is 0. The van der Waals surface area contributed by atoms with Crippen LogP contribution in [0, 0.1) is 0 Å². The fourth-order valence-electron chi connectivity index (χ4n) is 3.00. The lowest BCUT2D eigenvalue weighted by Crippen LogP contribution is -2.41. The molecule has 1 aliphatic rings. The molecule has 0 aliphatic carbocycles. The Labute approximate surface area is 154 Å². The van der Waals surface area contributed by atoms with E-state index in [1.54, 1.807) is 16.8 Å². The molecule has 0 fully saturated rings. The van der Waals surface area contributed by atoms with Crippen LogP contribution in [0.1, 0.15) is 31.7 Å². The van der Waals surface area contributed by atoms with E-state index in [1.165, 1.54) is 5.56 Å². The van der Waals surface area contributed by atoms with Gasteiger partial charge in [0.25, 0.3) is 5.91 Å². The molecule has 3 rings (SSSR count). The van der Waals surface area contributed by atoms with Gasteiger partial charge in [-0.1, -0.05) is 38.1 Å². The van der Waals surface area contributed by atoms with Gasteiger partial charge in [0.2, 0.25) is 5.91 Å². The van der Waals surface area contributed by atoms with Crippen LogP contribution < -0.4 is 14.5 Å². The zero-order valence-electron chi connectivity index (χ0n) is 15.4. The van der Waals surface area contributed by atoms with Gasteiger partial charge in [0, 0.05) is 25.7 Å². The van der Waals surface area contributed by atoms with Gasteiger partial charge >= 0.3 is 0 Å². The van der Waals surface area contributed by atoms with Crippen molar-refractivity contribution in [2.75, 3.05) is 30.0 Å². The second-order valence-electron chi connectivity index (χ2n) is 6.75. The zero-order chi connectivity index (χ0) is 18.7. The van der Waals surface area contributed by atoms with E-state index < -0.39 is 0 Å². The van der Waals surface area contributed by atoms with Crippen molar-refractivity contribution in [3.8, 4) is 5.75 Å². The van der Waals surface area contributed by atoms with E-state index in [2.05, 4.69) is 13.8 Å². The summed E-state index contributed by atoms with van der Waals surface area (Å²) < 4.78 is 5.43. The quantitative estimate of drug-likeness (QED) is 0.826. The van der Waals surface area contributed by atoms with E-state index in [9.17, 15) is 9.59 Å². The predicted molar refractivity (Wildman–Crippen MR) is 103 cm³/mol. The molecule has 0 aromatic heterocycles. The first-order valence-corrected chi connectivity index (χ1v) is 8.86. The van der Waals surface area contributed by atoms with E-state index in [0.717, 1.165) is 11.4 Å². The summed E-state index contributed by atoms with van der Waals surface area (Å²) in [5.41, 5.74) is 2.82. The first-order valence-electron chi connectivity index (χ1n) is 8.86. The van der Waals surface area contributed by atoms with Crippen LogP contribution >= 0.6 is 0 Å². The number of carbonyl (C=O) groups is 2. The molecule has 2 amide bonds. The molecule has 2 aromatic carbocycles. The molecule has 0 bridgehead atoms. The van der Waals surface area contributed by atoms with Crippen molar-refractivity contribution in [3.05, 3.63) is 54.1 Å². The van der Waals surface area contributed by atoms with Crippen molar-refractivity contribution in [2.24, 2.45) is 0 Å². The second-order valence-corrected chi connectivity index (χ2v) is 6.75. The molecular weight excluding hydrogens is 328 g/mol. The Kier molecular flexibility index (Phi) is 5.26. The lowest BCUT2D eigenvalue weighted by atomic mass is 10.0. The van der Waals surface area contributed by atoms with E-state index >= 15 is 0 Å². The van der Waals surface area contributed by atoms with Crippen molar-refractivity contribution >= 4 is 23.2 Å². The molecule has 5 nitrogen and oxygen atoms in total. The molecule has 2 aromatic rings. The van der Waals surface area contributed by atoms with Crippen LogP contribution in [0.3, 0.4) is 0 Å². The molecule has 26 heavy (non-hydrogen) atoms. The predicted octanol–water partition coefficient (Wildman–Crippen LogP) is 3.59. The van der Waals surface area contributed by atoms with E-state index in [0.29, 0.717) is 18.2 Å². The molecule has 0 radical (unpaired) electrons. The van der Waals surface area contributed by atoms with Crippen molar-refractivity contribution in [1.29, 1.82) is 0 Å². The van der Waals surface area contributed by atoms with Crippen LogP contribution in [0.15, 0.2) is 48.5 Å². The number of rotatable bonds is 5. The maximum atomic E-state index is 12.6. The number of hydrogen-bond donors (Lipinski definition) is 0. The molecule has 0 saturated heterocycles. The van der Waals surface area contributed by atoms with Gasteiger partial charge in [0.1, 0.15) is 5.75 Å². The number of carbonyl (C=O) groups excluding carboxylic acids is 2. The number of nitrogens with zero attached hydrogens (tertiary/aromatic N) is 2. The number of ether oxygens (including phenoxy) is 1. The molecule has 0 unspecified atom stereocenters. The normalized spacial score (nSPS) is 13.4. The van der Waals surface area contributed by atoms with Gasteiger partial charge in [-0.05, 0) is 35.7 Å². The maximum absolute atomic E-state index is 12.6. The van der Waals surface area contributed by atoms with Gasteiger partial charge in [0.15, 0.2) is 6.61 Å². The molecule has 136 valence electrons. The number of anilines is 2. The summed E-state index contributed by atoms with van der Waals surface area (Å²) in [6.45, 7) is 4.63. The Hall–Kier alpha value is -2.82. The standard InChI is InChI=1S/C21H24N2O3/c1-15(2)16-8-10-17(11-9-16)22(3)20(24)12-13-23-18-6-4-5-7-19(18)26-14-21(23)25/h4-11,15H,12-14H2,1-3H3. The topological polar surface area (TPSA) is 49.9 Å². The third-order valence-electron chi connectivity index (χ3n) is 4.68. The van der Waals surface area contributed by atoms with Crippen molar-refractivity contribution in [1.82, 2.24) is 0 Å². The zero-order valence-corrected chi connectivity index (χ0v) is 15.4. The number of hydrogen-bond acceptors (Lipinski definition) is 3. The lowest BCUT2D eigenvalue weighted by Gasteiger charge is -2.29. The summed E-state index contributed by atoms with van der Waals surface area (Å²) in [7, 11) is 1.77. The van der Waals surface area contributed by atoms with Crippen molar-refractivity contribution in [3.63, 3.8) is 0 Å². The number of benzene rings is 2. The largest absolute Gasteiger partial charge is 0.482 e.